The number of hydrogen-bond donors (Lipinski definition) is 3. The first-order valence-electron chi connectivity index (χ1n) is 6.88. The average molecular weight is 369 g/mol. The maximum Gasteiger partial charge on any atom is 0.394 e. The summed E-state index contributed by atoms with van der Waals surface area (Å²) in [5.74, 6) is -2.40. The Morgan fingerprint density at radius 2 is 1.71 bits per heavy atom. The minimum absolute atomic E-state index is 0.308. The summed E-state index contributed by atoms with van der Waals surface area (Å²) in [6.45, 7) is -0.554. The van der Waals surface area contributed by atoms with Crippen LogP contribution in [0, 0.1) is 0 Å². The highest BCUT2D eigenvalue weighted by Crippen LogP contribution is 2.51. The summed E-state index contributed by atoms with van der Waals surface area (Å²) in [6, 6.07) is 17.0. The molecule has 2 aromatic carbocycles. The maximum absolute atomic E-state index is 12.4. The van der Waals surface area contributed by atoms with Crippen molar-refractivity contribution < 1.29 is 28.1 Å². The van der Waals surface area contributed by atoms with Crippen LogP contribution < -0.4 is 10.1 Å². The smallest absolute Gasteiger partial charge is 0.394 e. The molecule has 7 nitrogen and oxygen atoms in total. The Balaban J connectivity index is 2.07. The third-order valence-electron chi connectivity index (χ3n) is 2.70. The fraction of sp³-hybridized carbons (Fsp3) is 0.133. The topological polar surface area (TPSA) is 105 Å². The summed E-state index contributed by atoms with van der Waals surface area (Å²) < 4.78 is 22.9. The molecule has 2 atom stereocenters. The van der Waals surface area contributed by atoms with E-state index in [-0.39, 0.29) is 0 Å². The van der Waals surface area contributed by atoms with Gasteiger partial charge in [0.05, 0.1) is 6.54 Å². The highest BCUT2D eigenvalue weighted by Gasteiger charge is 2.36. The molecular weight excluding hydrogens is 353 g/mol. The number of aliphatic carboxylic acids is 1. The van der Waals surface area contributed by atoms with Crippen LogP contribution in [-0.4, -0.2) is 28.5 Å². The van der Waals surface area contributed by atoms with Crippen LogP contribution in [0.25, 0.3) is 0 Å². The number of hydrogen-bond acceptors (Lipinski definition) is 6. The van der Waals surface area contributed by atoms with E-state index in [4.69, 9.17) is 13.8 Å². The molecule has 9 heteroatoms. The summed E-state index contributed by atoms with van der Waals surface area (Å²) in [6.07, 6.45) is 0. The molecule has 0 aliphatic heterocycles. The molecule has 3 N–H and O–H groups in total. The Morgan fingerprint density at radius 3 is 2.29 bits per heavy atom. The molecule has 0 fully saturated rings. The molecule has 2 unspecified atom stereocenters. The Morgan fingerprint density at radius 1 is 1.12 bits per heavy atom. The van der Waals surface area contributed by atoms with E-state index in [1.54, 1.807) is 60.7 Å². The zero-order valence-electron chi connectivity index (χ0n) is 12.4. The second-order valence-corrected chi connectivity index (χ2v) is 7.42. The Hall–Kier alpha value is -1.83. The van der Waals surface area contributed by atoms with Crippen molar-refractivity contribution in [2.75, 3.05) is 6.54 Å². The van der Waals surface area contributed by atoms with Crippen molar-refractivity contribution in [3.8, 4) is 5.75 Å². The Bertz CT molecular complexity index is 700. The summed E-state index contributed by atoms with van der Waals surface area (Å²) in [5, 5.41) is 11.1. The van der Waals surface area contributed by atoms with E-state index in [1.165, 1.54) is 0 Å². The fourth-order valence-electron chi connectivity index (χ4n) is 1.64. The molecule has 0 aliphatic carbocycles. The molecule has 0 bridgehead atoms. The van der Waals surface area contributed by atoms with Crippen molar-refractivity contribution in [3.63, 3.8) is 0 Å². The van der Waals surface area contributed by atoms with E-state index < -0.39 is 26.1 Å². The standard InChI is InChI=1S/C15H16NO6PS/c17-14(18)11-16-15(21-12-7-3-1-4-8-12)23(19,20)22-24-13-9-5-2-6-10-13/h1-10,15-16H,11H2,(H,17,18)(H,19,20). The molecule has 2 rings (SSSR count). The van der Waals surface area contributed by atoms with Crippen LogP contribution in [0.5, 0.6) is 5.75 Å². The van der Waals surface area contributed by atoms with E-state index in [1.807, 2.05) is 0 Å². The van der Waals surface area contributed by atoms with Crippen LogP contribution in [0.2, 0.25) is 0 Å². The quantitative estimate of drug-likeness (QED) is 0.352. The first kappa shape index (κ1) is 18.5. The van der Waals surface area contributed by atoms with Crippen LogP contribution >= 0.6 is 19.6 Å². The van der Waals surface area contributed by atoms with Crippen molar-refractivity contribution in [1.82, 2.24) is 5.32 Å². The van der Waals surface area contributed by atoms with Crippen molar-refractivity contribution in [3.05, 3.63) is 60.7 Å². The van der Waals surface area contributed by atoms with Crippen molar-refractivity contribution >= 4 is 25.6 Å². The van der Waals surface area contributed by atoms with E-state index in [0.717, 1.165) is 12.0 Å². The minimum atomic E-state index is -4.32. The predicted molar refractivity (Wildman–Crippen MR) is 89.7 cm³/mol. The highest BCUT2D eigenvalue weighted by atomic mass is 32.2. The zero-order valence-corrected chi connectivity index (χ0v) is 14.2. The Labute approximate surface area is 143 Å². The van der Waals surface area contributed by atoms with Crippen LogP contribution in [0.1, 0.15) is 0 Å². The molecule has 0 saturated carbocycles. The van der Waals surface area contributed by atoms with Gasteiger partial charge in [0, 0.05) is 16.9 Å². The van der Waals surface area contributed by atoms with Crippen molar-refractivity contribution in [1.29, 1.82) is 0 Å². The lowest BCUT2D eigenvalue weighted by Gasteiger charge is -2.23. The number of carboxylic acids is 1. The summed E-state index contributed by atoms with van der Waals surface area (Å²) in [5.41, 5.74) is 0. The van der Waals surface area contributed by atoms with Gasteiger partial charge in [-0.05, 0) is 24.3 Å². The van der Waals surface area contributed by atoms with Gasteiger partial charge in [-0.2, -0.15) is 0 Å². The predicted octanol–water partition coefficient (Wildman–Crippen LogP) is 2.93. The lowest BCUT2D eigenvalue weighted by atomic mass is 10.3. The monoisotopic (exact) mass is 369 g/mol. The molecule has 2 aromatic rings. The summed E-state index contributed by atoms with van der Waals surface area (Å²) in [4.78, 5) is 21.5. The summed E-state index contributed by atoms with van der Waals surface area (Å²) >= 11 is 0.720. The van der Waals surface area contributed by atoms with Gasteiger partial charge in [-0.1, -0.05) is 36.4 Å². The number of ether oxygens (including phenoxy) is 1. The molecule has 24 heavy (non-hydrogen) atoms. The van der Waals surface area contributed by atoms with Crippen LogP contribution in [0.4, 0.5) is 0 Å². The van der Waals surface area contributed by atoms with Crippen LogP contribution in [-0.2, 0) is 13.3 Å². The van der Waals surface area contributed by atoms with Crippen molar-refractivity contribution in [2.45, 2.75) is 10.9 Å². The van der Waals surface area contributed by atoms with Crippen molar-refractivity contribution in [2.24, 2.45) is 0 Å². The molecule has 0 aliphatic rings. The molecule has 0 saturated heterocycles. The number of carboxylic acid groups (broad SMARTS) is 1. The average Bonchev–Trinajstić information content (AvgIpc) is 2.58. The third-order valence-corrected chi connectivity index (χ3v) is 5.20. The number of carbonyl (C=O) groups is 1. The lowest BCUT2D eigenvalue weighted by molar-refractivity contribution is -0.136. The third kappa shape index (κ3) is 5.99. The van der Waals surface area contributed by atoms with E-state index >= 15 is 0 Å². The molecule has 0 aromatic heterocycles. The lowest BCUT2D eigenvalue weighted by Crippen LogP contribution is -2.38. The maximum atomic E-state index is 12.4. The number of para-hydroxylation sites is 1. The van der Waals surface area contributed by atoms with Crippen LogP contribution in [0.3, 0.4) is 0 Å². The minimum Gasteiger partial charge on any atom is -0.480 e. The summed E-state index contributed by atoms with van der Waals surface area (Å²) in [7, 11) is -4.32. The number of benzene rings is 2. The second kappa shape index (κ2) is 8.86. The van der Waals surface area contributed by atoms with Gasteiger partial charge in [0.15, 0.2) is 0 Å². The SMILES string of the molecule is O=C(O)CNC(Oc1ccccc1)P(=O)(O)OSc1ccccc1. The van der Waals surface area contributed by atoms with Gasteiger partial charge in [-0.15, -0.1) is 0 Å². The number of nitrogens with one attached hydrogen (secondary N) is 1. The van der Waals surface area contributed by atoms with E-state index in [2.05, 4.69) is 5.32 Å². The highest BCUT2D eigenvalue weighted by molar-refractivity contribution is 7.98. The molecule has 0 amide bonds. The van der Waals surface area contributed by atoms with Gasteiger partial charge in [0.1, 0.15) is 5.75 Å². The second-order valence-electron chi connectivity index (χ2n) is 4.59. The number of rotatable bonds is 9. The molecule has 0 heterocycles. The first-order chi connectivity index (χ1) is 11.5. The Kier molecular flexibility index (Phi) is 6.84. The van der Waals surface area contributed by atoms with E-state index in [9.17, 15) is 14.3 Å². The van der Waals surface area contributed by atoms with Gasteiger partial charge < -0.3 is 14.7 Å². The van der Waals surface area contributed by atoms with Gasteiger partial charge in [-0.25, -0.2) is 3.97 Å². The molecular formula is C15H16NO6PS. The van der Waals surface area contributed by atoms with Gasteiger partial charge in [0.2, 0.25) is 0 Å². The molecule has 128 valence electrons. The molecule has 0 radical (unpaired) electrons. The normalized spacial score (nSPS) is 14.5. The van der Waals surface area contributed by atoms with E-state index in [0.29, 0.717) is 10.6 Å². The van der Waals surface area contributed by atoms with Crippen LogP contribution in [0.15, 0.2) is 65.6 Å². The fourth-order valence-corrected chi connectivity index (χ4v) is 3.57. The zero-order chi connectivity index (χ0) is 17.4. The first-order valence-corrected chi connectivity index (χ1v) is 9.27. The van der Waals surface area contributed by atoms with Gasteiger partial charge in [0.25, 0.3) is 5.97 Å². The van der Waals surface area contributed by atoms with Gasteiger partial charge >= 0.3 is 13.6 Å². The largest absolute Gasteiger partial charge is 0.480 e. The molecule has 0 spiro atoms. The van der Waals surface area contributed by atoms with Gasteiger partial charge in [-0.3, -0.25) is 14.7 Å².